The summed E-state index contributed by atoms with van der Waals surface area (Å²) >= 11 is 3.85. The van der Waals surface area contributed by atoms with Crippen molar-refractivity contribution in [2.24, 2.45) is 0 Å². The molecule has 0 heterocycles. The number of rotatable bonds is 4. The fourth-order valence-corrected chi connectivity index (χ4v) is 3.89. The van der Waals surface area contributed by atoms with E-state index >= 15 is 0 Å². The highest BCUT2D eigenvalue weighted by Gasteiger charge is 2.14. The SMILES string of the molecule is COc1cccc(CC(Br)c2c(C)cc(C)cc2C)c1. The van der Waals surface area contributed by atoms with Crippen molar-refractivity contribution in [1.29, 1.82) is 0 Å². The van der Waals surface area contributed by atoms with Crippen molar-refractivity contribution < 1.29 is 4.74 Å². The second-order valence-corrected chi connectivity index (χ2v) is 6.44. The quantitative estimate of drug-likeness (QED) is 0.690. The van der Waals surface area contributed by atoms with E-state index in [9.17, 15) is 0 Å². The molecule has 0 fully saturated rings. The lowest BCUT2D eigenvalue weighted by molar-refractivity contribution is 0.414. The van der Waals surface area contributed by atoms with E-state index < -0.39 is 0 Å². The number of hydrogen-bond donors (Lipinski definition) is 0. The van der Waals surface area contributed by atoms with Crippen LogP contribution in [0.4, 0.5) is 0 Å². The molecular weight excluding hydrogens is 312 g/mol. The summed E-state index contributed by atoms with van der Waals surface area (Å²) in [6.07, 6.45) is 0.960. The molecule has 0 aliphatic heterocycles. The van der Waals surface area contributed by atoms with E-state index in [2.05, 4.69) is 61.0 Å². The van der Waals surface area contributed by atoms with Gasteiger partial charge in [0.25, 0.3) is 0 Å². The van der Waals surface area contributed by atoms with E-state index in [0.29, 0.717) is 4.83 Å². The molecule has 0 saturated carbocycles. The highest BCUT2D eigenvalue weighted by molar-refractivity contribution is 9.09. The van der Waals surface area contributed by atoms with Gasteiger partial charge in [-0.05, 0) is 61.6 Å². The summed E-state index contributed by atoms with van der Waals surface area (Å²) in [5, 5.41) is 0. The molecule has 2 rings (SSSR count). The third kappa shape index (κ3) is 3.43. The minimum Gasteiger partial charge on any atom is -0.497 e. The summed E-state index contributed by atoms with van der Waals surface area (Å²) < 4.78 is 5.29. The van der Waals surface area contributed by atoms with Crippen LogP contribution in [0.5, 0.6) is 5.75 Å². The molecular formula is C18H21BrO. The fraction of sp³-hybridized carbons (Fsp3) is 0.333. The lowest BCUT2D eigenvalue weighted by atomic mass is 9.94. The van der Waals surface area contributed by atoms with Crippen LogP contribution in [0.3, 0.4) is 0 Å². The Bertz CT molecular complexity index is 581. The number of aryl methyl sites for hydroxylation is 3. The fourth-order valence-electron chi connectivity index (χ4n) is 2.79. The molecule has 106 valence electrons. The van der Waals surface area contributed by atoms with Crippen molar-refractivity contribution in [3.8, 4) is 5.75 Å². The van der Waals surface area contributed by atoms with Crippen LogP contribution in [-0.4, -0.2) is 7.11 Å². The lowest BCUT2D eigenvalue weighted by Gasteiger charge is -2.17. The third-order valence-corrected chi connectivity index (χ3v) is 4.38. The largest absolute Gasteiger partial charge is 0.497 e. The van der Waals surface area contributed by atoms with Crippen molar-refractivity contribution >= 4 is 15.9 Å². The van der Waals surface area contributed by atoms with Gasteiger partial charge in [0.05, 0.1) is 7.11 Å². The Morgan fingerprint density at radius 3 is 2.30 bits per heavy atom. The number of alkyl halides is 1. The van der Waals surface area contributed by atoms with Gasteiger partial charge in [-0.2, -0.15) is 0 Å². The Morgan fingerprint density at radius 2 is 1.70 bits per heavy atom. The molecule has 0 aliphatic rings. The molecule has 0 N–H and O–H groups in total. The van der Waals surface area contributed by atoms with Crippen LogP contribution in [0.15, 0.2) is 36.4 Å². The molecule has 0 amide bonds. The van der Waals surface area contributed by atoms with Gasteiger partial charge in [-0.1, -0.05) is 45.8 Å². The van der Waals surface area contributed by atoms with Gasteiger partial charge in [0, 0.05) is 4.83 Å². The zero-order valence-electron chi connectivity index (χ0n) is 12.5. The number of halogens is 1. The second-order valence-electron chi connectivity index (χ2n) is 5.34. The Hall–Kier alpha value is -1.28. The molecule has 1 atom stereocenters. The second kappa shape index (κ2) is 6.45. The molecule has 0 saturated heterocycles. The minimum atomic E-state index is 0.329. The van der Waals surface area contributed by atoms with E-state index in [1.807, 2.05) is 12.1 Å². The van der Waals surface area contributed by atoms with E-state index in [1.54, 1.807) is 7.11 Å². The van der Waals surface area contributed by atoms with Crippen LogP contribution in [0.25, 0.3) is 0 Å². The highest BCUT2D eigenvalue weighted by atomic mass is 79.9. The van der Waals surface area contributed by atoms with Gasteiger partial charge in [0.15, 0.2) is 0 Å². The van der Waals surface area contributed by atoms with Crippen molar-refractivity contribution in [2.45, 2.75) is 32.0 Å². The topological polar surface area (TPSA) is 9.23 Å². The summed E-state index contributed by atoms with van der Waals surface area (Å²) in [6.45, 7) is 6.53. The normalized spacial score (nSPS) is 12.2. The minimum absolute atomic E-state index is 0.329. The van der Waals surface area contributed by atoms with Crippen LogP contribution in [0, 0.1) is 20.8 Å². The molecule has 2 aromatic carbocycles. The van der Waals surface area contributed by atoms with E-state index in [0.717, 1.165) is 12.2 Å². The van der Waals surface area contributed by atoms with Crippen molar-refractivity contribution in [1.82, 2.24) is 0 Å². The van der Waals surface area contributed by atoms with Gasteiger partial charge < -0.3 is 4.74 Å². The van der Waals surface area contributed by atoms with Crippen LogP contribution >= 0.6 is 15.9 Å². The van der Waals surface area contributed by atoms with Crippen LogP contribution in [0.2, 0.25) is 0 Å². The van der Waals surface area contributed by atoms with Gasteiger partial charge in [-0.15, -0.1) is 0 Å². The first-order valence-electron chi connectivity index (χ1n) is 6.86. The summed E-state index contributed by atoms with van der Waals surface area (Å²) in [5.41, 5.74) is 6.72. The average Bonchev–Trinajstić information content (AvgIpc) is 2.37. The highest BCUT2D eigenvalue weighted by Crippen LogP contribution is 2.33. The smallest absolute Gasteiger partial charge is 0.119 e. The molecule has 0 aromatic heterocycles. The van der Waals surface area contributed by atoms with E-state index in [-0.39, 0.29) is 0 Å². The zero-order chi connectivity index (χ0) is 14.7. The maximum absolute atomic E-state index is 5.29. The summed E-state index contributed by atoms with van der Waals surface area (Å²) in [7, 11) is 1.71. The number of methoxy groups -OCH3 is 1. The average molecular weight is 333 g/mol. The Balaban J connectivity index is 2.26. The molecule has 0 radical (unpaired) electrons. The first-order chi connectivity index (χ1) is 9.51. The predicted octanol–water partition coefficient (Wildman–Crippen LogP) is 5.30. The van der Waals surface area contributed by atoms with Crippen LogP contribution < -0.4 is 4.74 Å². The van der Waals surface area contributed by atoms with Crippen molar-refractivity contribution in [2.75, 3.05) is 7.11 Å². The lowest BCUT2D eigenvalue weighted by Crippen LogP contribution is -2.02. The number of hydrogen-bond acceptors (Lipinski definition) is 1. The molecule has 1 nitrogen and oxygen atoms in total. The van der Waals surface area contributed by atoms with Gasteiger partial charge in [-0.3, -0.25) is 0 Å². The maximum Gasteiger partial charge on any atom is 0.119 e. The molecule has 20 heavy (non-hydrogen) atoms. The first-order valence-corrected chi connectivity index (χ1v) is 7.77. The van der Waals surface area contributed by atoms with Gasteiger partial charge in [-0.25, -0.2) is 0 Å². The molecule has 2 heteroatoms. The van der Waals surface area contributed by atoms with Crippen molar-refractivity contribution in [3.63, 3.8) is 0 Å². The zero-order valence-corrected chi connectivity index (χ0v) is 14.1. The monoisotopic (exact) mass is 332 g/mol. The molecule has 0 aliphatic carbocycles. The third-order valence-electron chi connectivity index (χ3n) is 3.60. The predicted molar refractivity (Wildman–Crippen MR) is 89.0 cm³/mol. The number of ether oxygens (including phenoxy) is 1. The van der Waals surface area contributed by atoms with Crippen LogP contribution in [0.1, 0.15) is 32.6 Å². The summed E-state index contributed by atoms with van der Waals surface area (Å²) in [4.78, 5) is 0.329. The summed E-state index contributed by atoms with van der Waals surface area (Å²) in [5.74, 6) is 0.916. The van der Waals surface area contributed by atoms with Crippen molar-refractivity contribution in [3.05, 3.63) is 64.2 Å². The molecule has 0 bridgehead atoms. The Kier molecular flexibility index (Phi) is 4.87. The van der Waals surface area contributed by atoms with E-state index in [1.165, 1.54) is 27.8 Å². The van der Waals surface area contributed by atoms with Crippen LogP contribution in [-0.2, 0) is 6.42 Å². The van der Waals surface area contributed by atoms with Gasteiger partial charge in [0.1, 0.15) is 5.75 Å². The first kappa shape index (κ1) is 15.1. The Morgan fingerprint density at radius 1 is 1.05 bits per heavy atom. The molecule has 0 spiro atoms. The maximum atomic E-state index is 5.29. The molecule has 1 unspecified atom stereocenters. The Labute approximate surface area is 130 Å². The summed E-state index contributed by atoms with van der Waals surface area (Å²) in [6, 6.07) is 12.8. The number of benzene rings is 2. The molecule has 2 aromatic rings. The standard InChI is InChI=1S/C18H21BrO/c1-12-8-13(2)18(14(3)9-12)17(19)11-15-6-5-7-16(10-15)20-4/h5-10,17H,11H2,1-4H3. The van der Waals surface area contributed by atoms with E-state index in [4.69, 9.17) is 4.74 Å². The van der Waals surface area contributed by atoms with Gasteiger partial charge >= 0.3 is 0 Å². The van der Waals surface area contributed by atoms with Gasteiger partial charge in [0.2, 0.25) is 0 Å².